The van der Waals surface area contributed by atoms with Crippen molar-refractivity contribution in [3.63, 3.8) is 0 Å². The van der Waals surface area contributed by atoms with Crippen molar-refractivity contribution in [2.45, 2.75) is 19.8 Å². The Labute approximate surface area is 119 Å². The number of hydrogen-bond acceptors (Lipinski definition) is 5. The van der Waals surface area contributed by atoms with Crippen molar-refractivity contribution < 1.29 is 0 Å². The summed E-state index contributed by atoms with van der Waals surface area (Å²) in [5, 5.41) is 13.9. The largest absolute Gasteiger partial charge is 0.340 e. The molecular weight excluding hydrogens is 278 g/mol. The van der Waals surface area contributed by atoms with Crippen LogP contribution in [0.15, 0.2) is 12.7 Å². The molecule has 0 amide bonds. The summed E-state index contributed by atoms with van der Waals surface area (Å²) >= 11 is 6.25. The molecule has 8 heteroatoms. The number of fused-ring (bicyclic) bond motifs is 1. The molecule has 20 heavy (non-hydrogen) atoms. The van der Waals surface area contributed by atoms with Crippen LogP contribution in [0.5, 0.6) is 0 Å². The van der Waals surface area contributed by atoms with E-state index < -0.39 is 0 Å². The summed E-state index contributed by atoms with van der Waals surface area (Å²) in [6.07, 6.45) is 4.48. The predicted octanol–water partition coefficient (Wildman–Crippen LogP) is 2.02. The number of aromatic nitrogens is 6. The molecule has 100 valence electrons. The highest BCUT2D eigenvalue weighted by Gasteiger charge is 2.19. The van der Waals surface area contributed by atoms with Crippen LogP contribution in [0.4, 0.5) is 0 Å². The van der Waals surface area contributed by atoms with Gasteiger partial charge in [0.2, 0.25) is 0 Å². The molecule has 0 spiro atoms. The highest BCUT2D eigenvalue weighted by Crippen LogP contribution is 2.25. The molecule has 0 aliphatic rings. The maximum atomic E-state index is 9.22. The van der Waals surface area contributed by atoms with Gasteiger partial charge in [0.1, 0.15) is 23.5 Å². The van der Waals surface area contributed by atoms with Gasteiger partial charge in [-0.1, -0.05) is 24.9 Å². The summed E-state index contributed by atoms with van der Waals surface area (Å²) < 4.78 is 1.45. The van der Waals surface area contributed by atoms with Gasteiger partial charge in [-0.05, 0) is 6.42 Å². The molecule has 0 radical (unpaired) electrons. The molecule has 0 unspecified atom stereocenters. The fraction of sp³-hybridized carbons (Fsp3) is 0.250. The molecule has 0 saturated heterocycles. The topological polar surface area (TPSA) is 96.1 Å². The van der Waals surface area contributed by atoms with Crippen molar-refractivity contribution in [1.29, 1.82) is 5.26 Å². The number of nitriles is 1. The molecule has 0 bridgehead atoms. The Kier molecular flexibility index (Phi) is 3.08. The van der Waals surface area contributed by atoms with Crippen LogP contribution in [0.3, 0.4) is 0 Å². The lowest BCUT2D eigenvalue weighted by molar-refractivity contribution is 0.792. The lowest BCUT2D eigenvalue weighted by atomic mass is 10.2. The zero-order chi connectivity index (χ0) is 14.1. The molecule has 0 saturated carbocycles. The maximum Gasteiger partial charge on any atom is 0.184 e. The molecule has 3 heterocycles. The smallest absolute Gasteiger partial charge is 0.184 e. The van der Waals surface area contributed by atoms with Crippen LogP contribution in [-0.4, -0.2) is 29.7 Å². The van der Waals surface area contributed by atoms with Gasteiger partial charge in [-0.15, -0.1) is 0 Å². The van der Waals surface area contributed by atoms with Crippen molar-refractivity contribution in [3.05, 3.63) is 29.1 Å². The van der Waals surface area contributed by atoms with E-state index in [1.165, 1.54) is 17.3 Å². The Morgan fingerprint density at radius 1 is 1.40 bits per heavy atom. The monoisotopic (exact) mass is 287 g/mol. The Bertz CT molecular complexity index is 811. The molecule has 0 atom stereocenters. The number of H-pyrrole nitrogens is 1. The lowest BCUT2D eigenvalue weighted by Gasteiger charge is -2.02. The quantitative estimate of drug-likeness (QED) is 0.795. The average molecular weight is 288 g/mol. The summed E-state index contributed by atoms with van der Waals surface area (Å²) in [5.41, 5.74) is 2.22. The van der Waals surface area contributed by atoms with Crippen molar-refractivity contribution in [2.75, 3.05) is 0 Å². The summed E-state index contributed by atoms with van der Waals surface area (Å²) in [6.45, 7) is 2.02. The molecule has 1 N–H and O–H groups in total. The van der Waals surface area contributed by atoms with Crippen LogP contribution in [0, 0.1) is 11.3 Å². The first-order valence-electron chi connectivity index (χ1n) is 6.08. The number of halogens is 1. The Morgan fingerprint density at radius 2 is 2.25 bits per heavy atom. The van der Waals surface area contributed by atoms with Crippen molar-refractivity contribution in [3.8, 4) is 11.9 Å². The Balaban J connectivity index is 2.25. The van der Waals surface area contributed by atoms with E-state index in [2.05, 4.69) is 31.1 Å². The van der Waals surface area contributed by atoms with Crippen LogP contribution in [0.2, 0.25) is 5.15 Å². The van der Waals surface area contributed by atoms with E-state index in [4.69, 9.17) is 11.6 Å². The minimum atomic E-state index is 0.255. The van der Waals surface area contributed by atoms with E-state index in [-0.39, 0.29) is 5.15 Å². The molecule has 0 aliphatic carbocycles. The number of hydrogen-bond donors (Lipinski definition) is 1. The van der Waals surface area contributed by atoms with Crippen LogP contribution in [0.25, 0.3) is 17.0 Å². The van der Waals surface area contributed by atoms with E-state index in [0.717, 1.165) is 6.42 Å². The number of nitrogens with zero attached hydrogens (tertiary/aromatic N) is 6. The molecular formula is C12H10ClN7. The van der Waals surface area contributed by atoms with Gasteiger partial charge < -0.3 is 4.98 Å². The fourth-order valence-corrected chi connectivity index (χ4v) is 2.28. The molecule has 3 rings (SSSR count). The minimum Gasteiger partial charge on any atom is -0.340 e. The molecule has 0 aliphatic heterocycles. The second kappa shape index (κ2) is 4.90. The fourth-order valence-electron chi connectivity index (χ4n) is 2.02. The van der Waals surface area contributed by atoms with E-state index in [9.17, 15) is 5.26 Å². The van der Waals surface area contributed by atoms with Gasteiger partial charge in [0, 0.05) is 0 Å². The average Bonchev–Trinajstić information content (AvgIpc) is 3.03. The van der Waals surface area contributed by atoms with E-state index in [0.29, 0.717) is 34.7 Å². The first kappa shape index (κ1) is 12.6. The zero-order valence-electron chi connectivity index (χ0n) is 10.6. The van der Waals surface area contributed by atoms with E-state index >= 15 is 0 Å². The third kappa shape index (κ3) is 1.82. The number of rotatable bonds is 3. The van der Waals surface area contributed by atoms with Gasteiger partial charge in [-0.25, -0.2) is 15.0 Å². The second-order valence-electron chi connectivity index (χ2n) is 4.18. The van der Waals surface area contributed by atoms with Crippen LogP contribution < -0.4 is 0 Å². The van der Waals surface area contributed by atoms with Crippen LogP contribution in [-0.2, 0) is 6.42 Å². The van der Waals surface area contributed by atoms with Gasteiger partial charge in [-0.2, -0.15) is 15.0 Å². The number of aryl methyl sites for hydroxylation is 1. The molecule has 3 aromatic rings. The van der Waals surface area contributed by atoms with Gasteiger partial charge in [0.25, 0.3) is 0 Å². The zero-order valence-corrected chi connectivity index (χ0v) is 11.4. The van der Waals surface area contributed by atoms with Crippen molar-refractivity contribution in [2.24, 2.45) is 0 Å². The van der Waals surface area contributed by atoms with Crippen molar-refractivity contribution >= 4 is 22.8 Å². The van der Waals surface area contributed by atoms with Gasteiger partial charge in [0.05, 0.1) is 12.0 Å². The summed E-state index contributed by atoms with van der Waals surface area (Å²) in [4.78, 5) is 15.2. The SMILES string of the molecule is CCCc1nn(-c2ncnc3nc[nH]c23)c(Cl)c1C#N. The number of aromatic amines is 1. The number of nitrogens with one attached hydrogen (secondary N) is 1. The normalized spacial score (nSPS) is 10.8. The highest BCUT2D eigenvalue weighted by atomic mass is 35.5. The van der Waals surface area contributed by atoms with E-state index in [1.807, 2.05) is 6.92 Å². The van der Waals surface area contributed by atoms with Gasteiger partial charge in [-0.3, -0.25) is 0 Å². The lowest BCUT2D eigenvalue weighted by Crippen LogP contribution is -2.02. The van der Waals surface area contributed by atoms with Crippen LogP contribution >= 0.6 is 11.6 Å². The Hall–Kier alpha value is -2.46. The van der Waals surface area contributed by atoms with Crippen LogP contribution in [0.1, 0.15) is 24.6 Å². The Morgan fingerprint density at radius 3 is 3.00 bits per heavy atom. The summed E-state index contributed by atoms with van der Waals surface area (Å²) in [5.74, 6) is 0.483. The molecule has 7 nitrogen and oxygen atoms in total. The highest BCUT2D eigenvalue weighted by molar-refractivity contribution is 6.31. The summed E-state index contributed by atoms with van der Waals surface area (Å²) in [7, 11) is 0. The molecule has 0 fully saturated rings. The first-order valence-corrected chi connectivity index (χ1v) is 6.46. The van der Waals surface area contributed by atoms with E-state index in [1.54, 1.807) is 0 Å². The predicted molar refractivity (Wildman–Crippen MR) is 72.5 cm³/mol. The van der Waals surface area contributed by atoms with Gasteiger partial charge in [0.15, 0.2) is 16.6 Å². The van der Waals surface area contributed by atoms with Gasteiger partial charge >= 0.3 is 0 Å². The third-order valence-corrected chi connectivity index (χ3v) is 3.25. The minimum absolute atomic E-state index is 0.255. The number of imidazole rings is 1. The molecule has 0 aromatic carbocycles. The van der Waals surface area contributed by atoms with Crippen molar-refractivity contribution in [1.82, 2.24) is 29.7 Å². The summed E-state index contributed by atoms with van der Waals surface area (Å²) in [6, 6.07) is 2.10. The first-order chi connectivity index (χ1) is 9.76. The standard InChI is InChI=1S/C12H10ClN7/c1-2-3-8-7(4-14)10(13)20(19-8)12-9-11(16-5-15-9)17-6-18-12/h5-6H,2-3H2,1H3,(H,15,16,17,18). The maximum absolute atomic E-state index is 9.22. The second-order valence-corrected chi connectivity index (χ2v) is 4.54. The molecule has 3 aromatic heterocycles. The third-order valence-electron chi connectivity index (χ3n) is 2.90.